The average Bonchev–Trinajstić information content (AvgIpc) is 3.08. The average molecular weight is 374 g/mol. The molecule has 134 valence electrons. The van der Waals surface area contributed by atoms with E-state index in [9.17, 15) is 4.79 Å². The summed E-state index contributed by atoms with van der Waals surface area (Å²) in [5.74, 6) is 1.09. The second-order valence-corrected chi connectivity index (χ2v) is 6.80. The highest BCUT2D eigenvalue weighted by molar-refractivity contribution is 7.99. The molecule has 0 aliphatic carbocycles. The quantitative estimate of drug-likeness (QED) is 0.340. The van der Waals surface area contributed by atoms with E-state index >= 15 is 0 Å². The molecule has 0 unspecified atom stereocenters. The number of benzene rings is 2. The molecule has 3 rings (SSSR count). The van der Waals surface area contributed by atoms with Gasteiger partial charge in [-0.25, -0.2) is 0 Å². The Bertz CT molecular complexity index is 972. The van der Waals surface area contributed by atoms with Crippen molar-refractivity contribution in [3.8, 4) is 6.07 Å². The third-order valence-electron chi connectivity index (χ3n) is 3.98. The van der Waals surface area contributed by atoms with E-state index in [0.717, 1.165) is 11.4 Å². The van der Waals surface area contributed by atoms with Gasteiger partial charge in [-0.3, -0.25) is 4.79 Å². The standard InChI is InChI=1S/C21H18N4OS/c1-2-12-25-20(13-16-6-4-3-5-7-16)23-24-21(25)27-15-19(26)18-10-8-17(14-22)9-11-18/h2-11H,1,12-13,15H2. The maximum atomic E-state index is 12.4. The lowest BCUT2D eigenvalue weighted by Crippen LogP contribution is -2.07. The molecular formula is C21H18N4OS. The zero-order valence-electron chi connectivity index (χ0n) is 14.7. The van der Waals surface area contributed by atoms with E-state index in [0.29, 0.717) is 29.2 Å². The molecule has 1 heterocycles. The van der Waals surface area contributed by atoms with Crippen LogP contribution in [0.25, 0.3) is 0 Å². The molecule has 0 aliphatic heterocycles. The molecule has 0 radical (unpaired) electrons. The minimum atomic E-state index is -0.0118. The summed E-state index contributed by atoms with van der Waals surface area (Å²) in [7, 11) is 0. The number of hydrogen-bond acceptors (Lipinski definition) is 5. The third-order valence-corrected chi connectivity index (χ3v) is 4.95. The van der Waals surface area contributed by atoms with Crippen molar-refractivity contribution in [3.05, 3.63) is 89.8 Å². The number of nitriles is 1. The van der Waals surface area contributed by atoms with Crippen molar-refractivity contribution in [1.82, 2.24) is 14.8 Å². The van der Waals surface area contributed by atoms with Crippen molar-refractivity contribution in [2.45, 2.75) is 18.1 Å². The van der Waals surface area contributed by atoms with Crippen LogP contribution in [-0.4, -0.2) is 26.3 Å². The summed E-state index contributed by atoms with van der Waals surface area (Å²) in [6.07, 6.45) is 2.47. The zero-order chi connectivity index (χ0) is 19.1. The number of carbonyl (C=O) groups excluding carboxylic acids is 1. The van der Waals surface area contributed by atoms with Crippen LogP contribution in [0.3, 0.4) is 0 Å². The van der Waals surface area contributed by atoms with Gasteiger partial charge in [0.2, 0.25) is 0 Å². The number of hydrogen-bond donors (Lipinski definition) is 0. The fraction of sp³-hybridized carbons (Fsp3) is 0.143. The summed E-state index contributed by atoms with van der Waals surface area (Å²) < 4.78 is 1.98. The predicted molar refractivity (Wildman–Crippen MR) is 106 cm³/mol. The van der Waals surface area contributed by atoms with E-state index in [1.54, 1.807) is 30.3 Å². The van der Waals surface area contributed by atoms with Crippen LogP contribution in [0.15, 0.2) is 72.4 Å². The van der Waals surface area contributed by atoms with Crippen LogP contribution in [0.1, 0.15) is 27.3 Å². The van der Waals surface area contributed by atoms with Crippen molar-refractivity contribution in [2.24, 2.45) is 0 Å². The lowest BCUT2D eigenvalue weighted by atomic mass is 10.1. The molecular weight excluding hydrogens is 356 g/mol. The Morgan fingerprint density at radius 1 is 1.15 bits per heavy atom. The molecule has 0 spiro atoms. The van der Waals surface area contributed by atoms with Crippen LogP contribution >= 0.6 is 11.8 Å². The van der Waals surface area contributed by atoms with Crippen LogP contribution in [0.5, 0.6) is 0 Å². The van der Waals surface area contributed by atoms with Gasteiger partial charge in [0.15, 0.2) is 10.9 Å². The molecule has 2 aromatic carbocycles. The Hall–Kier alpha value is -3.17. The number of Topliss-reactive ketones (excluding diaryl/α,β-unsaturated/α-hetero) is 1. The lowest BCUT2D eigenvalue weighted by molar-refractivity contribution is 0.102. The molecule has 0 bridgehead atoms. The molecule has 0 saturated heterocycles. The van der Waals surface area contributed by atoms with Crippen LogP contribution in [0, 0.1) is 11.3 Å². The second-order valence-electron chi connectivity index (χ2n) is 5.86. The number of aromatic nitrogens is 3. The fourth-order valence-electron chi connectivity index (χ4n) is 2.59. The maximum absolute atomic E-state index is 12.4. The number of nitrogens with zero attached hydrogens (tertiary/aromatic N) is 4. The number of rotatable bonds is 8. The topological polar surface area (TPSA) is 71.6 Å². The van der Waals surface area contributed by atoms with Crippen molar-refractivity contribution in [2.75, 3.05) is 5.75 Å². The summed E-state index contributed by atoms with van der Waals surface area (Å²) in [5, 5.41) is 18.1. The molecule has 5 nitrogen and oxygen atoms in total. The minimum absolute atomic E-state index is 0.0118. The van der Waals surface area contributed by atoms with Crippen LogP contribution < -0.4 is 0 Å². The molecule has 0 aliphatic rings. The van der Waals surface area contributed by atoms with Crippen molar-refractivity contribution in [3.63, 3.8) is 0 Å². The van der Waals surface area contributed by atoms with Gasteiger partial charge in [-0.15, -0.1) is 16.8 Å². The normalized spacial score (nSPS) is 10.3. The number of carbonyl (C=O) groups is 1. The van der Waals surface area contributed by atoms with Crippen molar-refractivity contribution in [1.29, 1.82) is 5.26 Å². The Morgan fingerprint density at radius 2 is 1.89 bits per heavy atom. The molecule has 6 heteroatoms. The van der Waals surface area contributed by atoms with Gasteiger partial charge in [0.1, 0.15) is 5.82 Å². The van der Waals surface area contributed by atoms with E-state index in [4.69, 9.17) is 5.26 Å². The molecule has 0 saturated carbocycles. The van der Waals surface area contributed by atoms with Crippen molar-refractivity contribution < 1.29 is 4.79 Å². The fourth-order valence-corrected chi connectivity index (χ4v) is 3.45. The van der Waals surface area contributed by atoms with E-state index < -0.39 is 0 Å². The number of allylic oxidation sites excluding steroid dienone is 1. The second kappa shape index (κ2) is 8.97. The highest BCUT2D eigenvalue weighted by Crippen LogP contribution is 2.20. The van der Waals surface area contributed by atoms with Crippen molar-refractivity contribution >= 4 is 17.5 Å². The highest BCUT2D eigenvalue weighted by Gasteiger charge is 2.14. The highest BCUT2D eigenvalue weighted by atomic mass is 32.2. The van der Waals surface area contributed by atoms with Gasteiger partial charge in [0.25, 0.3) is 0 Å². The Kier molecular flexibility index (Phi) is 6.18. The van der Waals surface area contributed by atoms with Gasteiger partial charge in [-0.2, -0.15) is 5.26 Å². The first-order valence-corrected chi connectivity index (χ1v) is 9.43. The van der Waals surface area contributed by atoms with E-state index in [1.807, 2.05) is 41.0 Å². The van der Waals surface area contributed by atoms with Gasteiger partial charge < -0.3 is 4.57 Å². The first kappa shape index (κ1) is 18.6. The van der Waals surface area contributed by atoms with Crippen LogP contribution in [0.2, 0.25) is 0 Å². The van der Waals surface area contributed by atoms with E-state index in [-0.39, 0.29) is 11.5 Å². The summed E-state index contributed by atoms with van der Waals surface area (Å²) in [4.78, 5) is 12.4. The van der Waals surface area contributed by atoms with Gasteiger partial charge >= 0.3 is 0 Å². The van der Waals surface area contributed by atoms with Gasteiger partial charge in [0, 0.05) is 18.5 Å². The molecule has 0 amide bonds. The summed E-state index contributed by atoms with van der Waals surface area (Å²) in [6.45, 7) is 4.39. The number of ketones is 1. The van der Waals surface area contributed by atoms with Gasteiger partial charge in [-0.05, 0) is 17.7 Å². The molecule has 3 aromatic rings. The predicted octanol–water partition coefficient (Wildman–Crippen LogP) is 3.90. The van der Waals surface area contributed by atoms with Crippen LogP contribution in [0.4, 0.5) is 0 Å². The van der Waals surface area contributed by atoms with Gasteiger partial charge in [-0.1, -0.05) is 60.3 Å². The third kappa shape index (κ3) is 4.72. The monoisotopic (exact) mass is 374 g/mol. The Labute approximate surface area is 162 Å². The Morgan fingerprint density at radius 3 is 2.56 bits per heavy atom. The minimum Gasteiger partial charge on any atom is -0.302 e. The van der Waals surface area contributed by atoms with Gasteiger partial charge in [0.05, 0.1) is 17.4 Å². The van der Waals surface area contributed by atoms with E-state index in [2.05, 4.69) is 16.8 Å². The SMILES string of the molecule is C=CCn1c(Cc2ccccc2)nnc1SCC(=O)c1ccc(C#N)cc1. The largest absolute Gasteiger partial charge is 0.302 e. The maximum Gasteiger partial charge on any atom is 0.191 e. The molecule has 1 aromatic heterocycles. The molecule has 27 heavy (non-hydrogen) atoms. The molecule has 0 atom stereocenters. The zero-order valence-corrected chi connectivity index (χ0v) is 15.5. The smallest absolute Gasteiger partial charge is 0.191 e. The first-order chi connectivity index (χ1) is 13.2. The molecule has 0 N–H and O–H groups in total. The first-order valence-electron chi connectivity index (χ1n) is 8.44. The van der Waals surface area contributed by atoms with Crippen LogP contribution in [-0.2, 0) is 13.0 Å². The van der Waals surface area contributed by atoms with E-state index in [1.165, 1.54) is 11.8 Å². The lowest BCUT2D eigenvalue weighted by Gasteiger charge is -2.07. The molecule has 0 fully saturated rings. The number of thioether (sulfide) groups is 1. The summed E-state index contributed by atoms with van der Waals surface area (Å²) >= 11 is 1.36. The summed E-state index contributed by atoms with van der Waals surface area (Å²) in [6, 6.07) is 18.8. The summed E-state index contributed by atoms with van der Waals surface area (Å²) in [5.41, 5.74) is 2.27. The Balaban J connectivity index is 1.71.